The van der Waals surface area contributed by atoms with Gasteiger partial charge in [0, 0.05) is 6.20 Å². The van der Waals surface area contributed by atoms with E-state index in [9.17, 15) is 4.79 Å². The van der Waals surface area contributed by atoms with E-state index in [1.165, 1.54) is 12.3 Å². The maximum Gasteiger partial charge on any atom is 0.339 e. The van der Waals surface area contributed by atoms with Crippen LogP contribution in [0.5, 0.6) is 0 Å². The third-order valence-electron chi connectivity index (χ3n) is 1.96. The molecule has 0 bridgehead atoms. The molecular weight excluding hydrogens is 192 g/mol. The smallest absolute Gasteiger partial charge is 0.339 e. The molecule has 15 heavy (non-hydrogen) atoms. The molecule has 0 aliphatic carbocycles. The second-order valence-electron chi connectivity index (χ2n) is 2.98. The van der Waals surface area contributed by atoms with Crippen molar-refractivity contribution in [1.29, 1.82) is 0 Å². The molecule has 1 rings (SSSR count). The predicted molar refractivity (Wildman–Crippen MR) is 57.7 cm³/mol. The summed E-state index contributed by atoms with van der Waals surface area (Å²) in [6, 6.07) is 2.87. The van der Waals surface area contributed by atoms with Crippen molar-refractivity contribution in [2.24, 2.45) is 0 Å². The van der Waals surface area contributed by atoms with Crippen LogP contribution < -0.4 is 5.32 Å². The van der Waals surface area contributed by atoms with Crippen LogP contribution in [0.3, 0.4) is 0 Å². The number of rotatable bonds is 4. The summed E-state index contributed by atoms with van der Waals surface area (Å²) < 4.78 is 0. The van der Waals surface area contributed by atoms with Crippen molar-refractivity contribution in [2.45, 2.75) is 19.4 Å². The standard InChI is InChI=1S/C11H12N2O2/c1-3-8(4-2)13-10-9(11(14)15)6-5-7-12-10/h1,5-8H,4H2,2H3,(H,12,13)(H,14,15). The number of nitrogens with zero attached hydrogens (tertiary/aromatic N) is 1. The van der Waals surface area contributed by atoms with Crippen molar-refractivity contribution >= 4 is 11.8 Å². The van der Waals surface area contributed by atoms with Gasteiger partial charge in [-0.05, 0) is 18.6 Å². The van der Waals surface area contributed by atoms with Crippen molar-refractivity contribution in [2.75, 3.05) is 5.32 Å². The first-order valence-electron chi connectivity index (χ1n) is 4.60. The van der Waals surface area contributed by atoms with Crippen LogP contribution in [0.15, 0.2) is 18.3 Å². The topological polar surface area (TPSA) is 62.2 Å². The SMILES string of the molecule is C#CC(CC)Nc1ncccc1C(=O)O. The van der Waals surface area contributed by atoms with Gasteiger partial charge in [0.2, 0.25) is 0 Å². The van der Waals surface area contributed by atoms with Crippen molar-refractivity contribution in [3.8, 4) is 12.3 Å². The van der Waals surface area contributed by atoms with Gasteiger partial charge in [-0.2, -0.15) is 0 Å². The molecule has 0 aliphatic heterocycles. The van der Waals surface area contributed by atoms with Gasteiger partial charge >= 0.3 is 5.97 Å². The van der Waals surface area contributed by atoms with Crippen LogP contribution in [-0.2, 0) is 0 Å². The van der Waals surface area contributed by atoms with Crippen LogP contribution in [-0.4, -0.2) is 22.1 Å². The van der Waals surface area contributed by atoms with Gasteiger partial charge in [-0.3, -0.25) is 0 Å². The number of hydrogen-bond donors (Lipinski definition) is 2. The maximum atomic E-state index is 10.8. The summed E-state index contributed by atoms with van der Waals surface area (Å²) in [5.41, 5.74) is 0.131. The Morgan fingerprint density at radius 3 is 3.07 bits per heavy atom. The molecule has 0 saturated carbocycles. The van der Waals surface area contributed by atoms with Crippen LogP contribution in [0.4, 0.5) is 5.82 Å². The van der Waals surface area contributed by atoms with Gasteiger partial charge in [-0.25, -0.2) is 9.78 Å². The summed E-state index contributed by atoms with van der Waals surface area (Å²) in [5, 5.41) is 11.8. The van der Waals surface area contributed by atoms with E-state index in [4.69, 9.17) is 11.5 Å². The van der Waals surface area contributed by atoms with E-state index in [0.29, 0.717) is 12.2 Å². The molecule has 1 aromatic rings. The molecule has 1 unspecified atom stereocenters. The summed E-state index contributed by atoms with van der Waals surface area (Å²) in [7, 11) is 0. The highest BCUT2D eigenvalue weighted by molar-refractivity contribution is 5.93. The number of aromatic carboxylic acids is 1. The molecule has 4 nitrogen and oxygen atoms in total. The molecule has 0 aliphatic rings. The van der Waals surface area contributed by atoms with E-state index in [1.54, 1.807) is 6.07 Å². The molecule has 2 N–H and O–H groups in total. The lowest BCUT2D eigenvalue weighted by molar-refractivity contribution is 0.0697. The van der Waals surface area contributed by atoms with Crippen LogP contribution >= 0.6 is 0 Å². The van der Waals surface area contributed by atoms with Gasteiger partial charge in [0.1, 0.15) is 11.4 Å². The summed E-state index contributed by atoms with van der Waals surface area (Å²) in [6.07, 6.45) is 7.51. The van der Waals surface area contributed by atoms with E-state index in [1.807, 2.05) is 6.92 Å². The molecule has 0 fully saturated rings. The zero-order valence-corrected chi connectivity index (χ0v) is 8.40. The van der Waals surface area contributed by atoms with Crippen molar-refractivity contribution in [3.05, 3.63) is 23.9 Å². The number of anilines is 1. The number of carboxylic acids is 1. The summed E-state index contributed by atoms with van der Waals surface area (Å²) >= 11 is 0. The van der Waals surface area contributed by atoms with Crippen LogP contribution in [0.1, 0.15) is 23.7 Å². The second kappa shape index (κ2) is 5.01. The van der Waals surface area contributed by atoms with E-state index in [2.05, 4.69) is 16.2 Å². The Balaban J connectivity index is 2.94. The fourth-order valence-corrected chi connectivity index (χ4v) is 1.12. The fraction of sp³-hybridized carbons (Fsp3) is 0.273. The quantitative estimate of drug-likeness (QED) is 0.731. The number of carboxylic acid groups (broad SMARTS) is 1. The van der Waals surface area contributed by atoms with Gasteiger partial charge < -0.3 is 10.4 Å². The summed E-state index contributed by atoms with van der Waals surface area (Å²) in [4.78, 5) is 14.8. The third kappa shape index (κ3) is 2.71. The van der Waals surface area contributed by atoms with Gasteiger partial charge in [-0.15, -0.1) is 6.42 Å². The first-order chi connectivity index (χ1) is 7.19. The highest BCUT2D eigenvalue weighted by atomic mass is 16.4. The van der Waals surface area contributed by atoms with Crippen LogP contribution in [0.25, 0.3) is 0 Å². The molecule has 1 atom stereocenters. The van der Waals surface area contributed by atoms with E-state index < -0.39 is 5.97 Å². The van der Waals surface area contributed by atoms with E-state index in [-0.39, 0.29) is 11.6 Å². The number of aromatic nitrogens is 1. The average Bonchev–Trinajstić information content (AvgIpc) is 2.26. The lowest BCUT2D eigenvalue weighted by Gasteiger charge is -2.12. The number of terminal acetylenes is 1. The third-order valence-corrected chi connectivity index (χ3v) is 1.96. The van der Waals surface area contributed by atoms with Gasteiger partial charge in [0.05, 0.1) is 6.04 Å². The Labute approximate surface area is 88.3 Å². The fourth-order valence-electron chi connectivity index (χ4n) is 1.12. The highest BCUT2D eigenvalue weighted by Crippen LogP contribution is 2.12. The van der Waals surface area contributed by atoms with Crippen molar-refractivity contribution in [1.82, 2.24) is 4.98 Å². The Morgan fingerprint density at radius 2 is 2.53 bits per heavy atom. The zero-order valence-electron chi connectivity index (χ0n) is 8.40. The molecule has 0 spiro atoms. The molecule has 1 heterocycles. The van der Waals surface area contributed by atoms with Gasteiger partial charge in [-0.1, -0.05) is 12.8 Å². The number of carbonyl (C=O) groups is 1. The normalized spacial score (nSPS) is 11.5. The van der Waals surface area contributed by atoms with Crippen molar-refractivity contribution < 1.29 is 9.90 Å². The lowest BCUT2D eigenvalue weighted by Crippen LogP contribution is -2.18. The molecule has 0 amide bonds. The van der Waals surface area contributed by atoms with Crippen LogP contribution in [0, 0.1) is 12.3 Å². The molecule has 1 aromatic heterocycles. The molecule has 78 valence electrons. The predicted octanol–water partition coefficient (Wildman–Crippen LogP) is 1.60. The largest absolute Gasteiger partial charge is 0.478 e. The molecule has 0 saturated heterocycles. The highest BCUT2D eigenvalue weighted by Gasteiger charge is 2.12. The Kier molecular flexibility index (Phi) is 3.69. The Morgan fingerprint density at radius 1 is 1.80 bits per heavy atom. The average molecular weight is 204 g/mol. The number of nitrogens with one attached hydrogen (secondary N) is 1. The summed E-state index contributed by atoms with van der Waals surface area (Å²) in [6.45, 7) is 1.92. The van der Waals surface area contributed by atoms with Gasteiger partial charge in [0.15, 0.2) is 0 Å². The molecule has 0 radical (unpaired) electrons. The number of pyridine rings is 1. The monoisotopic (exact) mass is 204 g/mol. The van der Waals surface area contributed by atoms with Crippen molar-refractivity contribution in [3.63, 3.8) is 0 Å². The molecule has 4 heteroatoms. The minimum atomic E-state index is -1.02. The zero-order chi connectivity index (χ0) is 11.3. The second-order valence-corrected chi connectivity index (χ2v) is 2.98. The first-order valence-corrected chi connectivity index (χ1v) is 4.60. The van der Waals surface area contributed by atoms with E-state index >= 15 is 0 Å². The maximum absolute atomic E-state index is 10.8. The van der Waals surface area contributed by atoms with Crippen LogP contribution in [0.2, 0.25) is 0 Å². The summed E-state index contributed by atoms with van der Waals surface area (Å²) in [5.74, 6) is 1.82. The molecular formula is C11H12N2O2. The molecule has 0 aromatic carbocycles. The van der Waals surface area contributed by atoms with E-state index in [0.717, 1.165) is 0 Å². The Bertz CT molecular complexity index is 396. The number of hydrogen-bond acceptors (Lipinski definition) is 3. The first kappa shape index (κ1) is 11.1. The minimum absolute atomic E-state index is 0.131. The van der Waals surface area contributed by atoms with Gasteiger partial charge in [0.25, 0.3) is 0 Å². The minimum Gasteiger partial charge on any atom is -0.478 e. The Hall–Kier alpha value is -2.02. The lowest BCUT2D eigenvalue weighted by atomic mass is 10.2.